The molecule has 0 saturated heterocycles. The fourth-order valence-corrected chi connectivity index (χ4v) is 1.69. The van der Waals surface area contributed by atoms with E-state index in [1.807, 2.05) is 6.92 Å². The zero-order valence-corrected chi connectivity index (χ0v) is 11.4. The second-order valence-corrected chi connectivity index (χ2v) is 4.37. The van der Waals surface area contributed by atoms with Crippen molar-refractivity contribution in [3.8, 4) is 0 Å². The van der Waals surface area contributed by atoms with Crippen LogP contribution in [0, 0.1) is 18.6 Å². The van der Waals surface area contributed by atoms with Gasteiger partial charge in [-0.05, 0) is 25.5 Å². The molecule has 0 atom stereocenters. The molecule has 106 valence electrons. The van der Waals surface area contributed by atoms with E-state index >= 15 is 0 Å². The molecule has 1 aromatic carbocycles. The lowest BCUT2D eigenvalue weighted by Crippen LogP contribution is -2.07. The molecule has 0 spiro atoms. The topological polar surface area (TPSA) is 49.8 Å². The number of rotatable bonds is 5. The first-order valence-corrected chi connectivity index (χ1v) is 6.40. The van der Waals surface area contributed by atoms with Crippen molar-refractivity contribution in [2.45, 2.75) is 20.3 Å². The standard InChI is InChI=1S/C14H16F2N4/c1-3-7-17-14-18-9(2)8-12(20-14)19-13-10(15)5-4-6-11(13)16/h4-6,8H,3,7H2,1-2H3,(H2,17,18,19,20). The molecule has 2 rings (SSSR count). The van der Waals surface area contributed by atoms with Crippen LogP contribution in [0.3, 0.4) is 0 Å². The van der Waals surface area contributed by atoms with Crippen molar-refractivity contribution >= 4 is 17.5 Å². The summed E-state index contributed by atoms with van der Waals surface area (Å²) in [7, 11) is 0. The summed E-state index contributed by atoms with van der Waals surface area (Å²) in [5.41, 5.74) is 0.491. The Kier molecular flexibility index (Phi) is 4.45. The number of aromatic nitrogens is 2. The van der Waals surface area contributed by atoms with Gasteiger partial charge in [0.25, 0.3) is 0 Å². The van der Waals surface area contributed by atoms with E-state index in [1.165, 1.54) is 18.2 Å². The Balaban J connectivity index is 2.27. The second-order valence-electron chi connectivity index (χ2n) is 4.37. The number of nitrogens with zero attached hydrogens (tertiary/aromatic N) is 2. The Morgan fingerprint density at radius 3 is 2.50 bits per heavy atom. The van der Waals surface area contributed by atoms with Gasteiger partial charge in [0.15, 0.2) is 0 Å². The van der Waals surface area contributed by atoms with Crippen LogP contribution in [-0.4, -0.2) is 16.5 Å². The maximum absolute atomic E-state index is 13.6. The summed E-state index contributed by atoms with van der Waals surface area (Å²) in [6, 6.07) is 5.32. The molecular formula is C14H16F2N4. The molecule has 0 saturated carbocycles. The summed E-state index contributed by atoms with van der Waals surface area (Å²) in [6.45, 7) is 4.55. The van der Waals surface area contributed by atoms with Crippen LogP contribution in [0.2, 0.25) is 0 Å². The number of para-hydroxylation sites is 1. The summed E-state index contributed by atoms with van der Waals surface area (Å²) >= 11 is 0. The smallest absolute Gasteiger partial charge is 0.224 e. The average Bonchev–Trinajstić information content (AvgIpc) is 2.40. The Labute approximate surface area is 116 Å². The highest BCUT2D eigenvalue weighted by Crippen LogP contribution is 2.22. The van der Waals surface area contributed by atoms with Crippen LogP contribution in [0.5, 0.6) is 0 Å². The maximum Gasteiger partial charge on any atom is 0.224 e. The molecule has 0 aliphatic heterocycles. The van der Waals surface area contributed by atoms with Gasteiger partial charge in [-0.25, -0.2) is 13.8 Å². The van der Waals surface area contributed by atoms with E-state index in [4.69, 9.17) is 0 Å². The summed E-state index contributed by atoms with van der Waals surface area (Å²) < 4.78 is 27.2. The number of halogens is 2. The molecule has 0 amide bonds. The molecule has 2 aromatic rings. The Hall–Kier alpha value is -2.24. The van der Waals surface area contributed by atoms with E-state index in [0.717, 1.165) is 13.0 Å². The predicted molar refractivity (Wildman–Crippen MR) is 75.2 cm³/mol. The first-order chi connectivity index (χ1) is 9.60. The number of anilines is 3. The quantitative estimate of drug-likeness (QED) is 0.877. The molecule has 1 heterocycles. The molecule has 0 aliphatic carbocycles. The summed E-state index contributed by atoms with van der Waals surface area (Å²) in [5, 5.41) is 5.70. The number of hydrogen-bond donors (Lipinski definition) is 2. The molecule has 0 bridgehead atoms. The van der Waals surface area contributed by atoms with E-state index < -0.39 is 11.6 Å². The minimum Gasteiger partial charge on any atom is -0.354 e. The Morgan fingerprint density at radius 2 is 1.85 bits per heavy atom. The van der Waals surface area contributed by atoms with Crippen LogP contribution in [0.1, 0.15) is 19.0 Å². The molecule has 2 N–H and O–H groups in total. The van der Waals surface area contributed by atoms with E-state index in [2.05, 4.69) is 20.6 Å². The molecule has 4 nitrogen and oxygen atoms in total. The van der Waals surface area contributed by atoms with Crippen molar-refractivity contribution in [1.29, 1.82) is 0 Å². The van der Waals surface area contributed by atoms with Gasteiger partial charge < -0.3 is 10.6 Å². The lowest BCUT2D eigenvalue weighted by molar-refractivity contribution is 0.590. The molecule has 6 heteroatoms. The SMILES string of the molecule is CCCNc1nc(C)cc(Nc2c(F)cccc2F)n1. The number of hydrogen-bond acceptors (Lipinski definition) is 4. The highest BCUT2D eigenvalue weighted by atomic mass is 19.1. The fraction of sp³-hybridized carbons (Fsp3) is 0.286. The van der Waals surface area contributed by atoms with Crippen LogP contribution >= 0.6 is 0 Å². The van der Waals surface area contributed by atoms with Gasteiger partial charge in [-0.2, -0.15) is 4.98 Å². The highest BCUT2D eigenvalue weighted by Gasteiger charge is 2.10. The minimum atomic E-state index is -0.663. The third-order valence-electron chi connectivity index (χ3n) is 2.60. The van der Waals surface area contributed by atoms with Crippen molar-refractivity contribution in [1.82, 2.24) is 9.97 Å². The van der Waals surface area contributed by atoms with Gasteiger partial charge in [0, 0.05) is 18.3 Å². The van der Waals surface area contributed by atoms with Gasteiger partial charge in [-0.3, -0.25) is 0 Å². The number of benzene rings is 1. The molecule has 0 radical (unpaired) electrons. The number of aryl methyl sites for hydroxylation is 1. The highest BCUT2D eigenvalue weighted by molar-refractivity contribution is 5.58. The largest absolute Gasteiger partial charge is 0.354 e. The predicted octanol–water partition coefficient (Wildman–Crippen LogP) is 3.63. The van der Waals surface area contributed by atoms with Crippen molar-refractivity contribution in [2.24, 2.45) is 0 Å². The lowest BCUT2D eigenvalue weighted by atomic mass is 10.3. The van der Waals surface area contributed by atoms with Crippen molar-refractivity contribution in [3.05, 3.63) is 41.6 Å². The van der Waals surface area contributed by atoms with Gasteiger partial charge >= 0.3 is 0 Å². The maximum atomic E-state index is 13.6. The van der Waals surface area contributed by atoms with Crippen LogP contribution < -0.4 is 10.6 Å². The normalized spacial score (nSPS) is 10.4. The molecular weight excluding hydrogens is 262 g/mol. The first-order valence-electron chi connectivity index (χ1n) is 6.40. The Morgan fingerprint density at radius 1 is 1.15 bits per heavy atom. The molecule has 0 fully saturated rings. The van der Waals surface area contributed by atoms with Crippen molar-refractivity contribution < 1.29 is 8.78 Å². The first kappa shape index (κ1) is 14.2. The van der Waals surface area contributed by atoms with Crippen LogP contribution in [0.15, 0.2) is 24.3 Å². The van der Waals surface area contributed by atoms with E-state index in [9.17, 15) is 8.78 Å². The van der Waals surface area contributed by atoms with Gasteiger partial charge in [-0.15, -0.1) is 0 Å². The van der Waals surface area contributed by atoms with E-state index in [1.54, 1.807) is 13.0 Å². The fourth-order valence-electron chi connectivity index (χ4n) is 1.69. The molecule has 1 aromatic heterocycles. The van der Waals surface area contributed by atoms with Crippen LogP contribution in [0.4, 0.5) is 26.2 Å². The van der Waals surface area contributed by atoms with Crippen molar-refractivity contribution in [2.75, 3.05) is 17.2 Å². The van der Waals surface area contributed by atoms with Gasteiger partial charge in [0.05, 0.1) is 0 Å². The van der Waals surface area contributed by atoms with Gasteiger partial charge in [-0.1, -0.05) is 13.0 Å². The summed E-state index contributed by atoms with van der Waals surface area (Å²) in [6.07, 6.45) is 0.933. The zero-order valence-electron chi connectivity index (χ0n) is 11.4. The van der Waals surface area contributed by atoms with E-state index in [0.29, 0.717) is 17.5 Å². The third kappa shape index (κ3) is 3.40. The molecule has 0 unspecified atom stereocenters. The van der Waals surface area contributed by atoms with Gasteiger partial charge in [0.2, 0.25) is 5.95 Å². The monoisotopic (exact) mass is 278 g/mol. The summed E-state index contributed by atoms with van der Waals surface area (Å²) in [4.78, 5) is 8.39. The van der Waals surface area contributed by atoms with Crippen LogP contribution in [-0.2, 0) is 0 Å². The average molecular weight is 278 g/mol. The van der Waals surface area contributed by atoms with E-state index in [-0.39, 0.29) is 5.69 Å². The second kappa shape index (κ2) is 6.27. The number of nitrogens with one attached hydrogen (secondary N) is 2. The lowest BCUT2D eigenvalue weighted by Gasteiger charge is -2.10. The minimum absolute atomic E-state index is 0.216. The Bertz CT molecular complexity index is 581. The van der Waals surface area contributed by atoms with Crippen LogP contribution in [0.25, 0.3) is 0 Å². The van der Waals surface area contributed by atoms with Crippen molar-refractivity contribution in [3.63, 3.8) is 0 Å². The zero-order chi connectivity index (χ0) is 14.5. The summed E-state index contributed by atoms with van der Waals surface area (Å²) in [5.74, 6) is -0.542. The molecule has 0 aliphatic rings. The molecule has 20 heavy (non-hydrogen) atoms. The third-order valence-corrected chi connectivity index (χ3v) is 2.60. The van der Waals surface area contributed by atoms with Gasteiger partial charge in [0.1, 0.15) is 23.1 Å².